The molecule has 0 fully saturated rings. The minimum Gasteiger partial charge on any atom is -0.309 e. The Bertz CT molecular complexity index is 516. The van der Waals surface area contributed by atoms with Crippen LogP contribution in [0.4, 0.5) is 4.39 Å². The van der Waals surface area contributed by atoms with Crippen LogP contribution >= 0.6 is 22.9 Å². The number of hydrogen-bond acceptors (Lipinski definition) is 2. The van der Waals surface area contributed by atoms with Gasteiger partial charge in [0, 0.05) is 10.9 Å². The molecule has 102 valence electrons. The van der Waals surface area contributed by atoms with E-state index in [-0.39, 0.29) is 11.9 Å². The van der Waals surface area contributed by atoms with Crippen LogP contribution in [0.5, 0.6) is 0 Å². The second-order valence-electron chi connectivity index (χ2n) is 4.55. The van der Waals surface area contributed by atoms with Crippen LogP contribution in [0.1, 0.15) is 29.0 Å². The van der Waals surface area contributed by atoms with Crippen molar-refractivity contribution in [2.24, 2.45) is 0 Å². The quantitative estimate of drug-likeness (QED) is 0.840. The van der Waals surface area contributed by atoms with Gasteiger partial charge in [-0.1, -0.05) is 30.7 Å². The molecule has 0 bridgehead atoms. The lowest BCUT2D eigenvalue weighted by molar-refractivity contribution is 0.557. The Kier molecular flexibility index (Phi) is 4.97. The molecule has 0 amide bonds. The Morgan fingerprint density at radius 3 is 2.53 bits per heavy atom. The van der Waals surface area contributed by atoms with Gasteiger partial charge in [0.25, 0.3) is 0 Å². The summed E-state index contributed by atoms with van der Waals surface area (Å²) in [6, 6.07) is 9.04. The molecule has 0 radical (unpaired) electrons. The fraction of sp³-hybridized carbons (Fsp3) is 0.333. The van der Waals surface area contributed by atoms with Gasteiger partial charge >= 0.3 is 0 Å². The highest BCUT2D eigenvalue weighted by molar-refractivity contribution is 7.16. The first kappa shape index (κ1) is 14.5. The lowest BCUT2D eigenvalue weighted by Crippen LogP contribution is -2.22. The predicted octanol–water partition coefficient (Wildman–Crippen LogP) is 4.74. The molecule has 1 atom stereocenters. The number of halogens is 2. The van der Waals surface area contributed by atoms with E-state index in [1.54, 1.807) is 11.3 Å². The van der Waals surface area contributed by atoms with E-state index in [1.165, 1.54) is 17.0 Å². The van der Waals surface area contributed by atoms with Crippen LogP contribution < -0.4 is 5.32 Å². The molecule has 0 aliphatic rings. The van der Waals surface area contributed by atoms with Gasteiger partial charge in [-0.05, 0) is 49.2 Å². The number of rotatable bonds is 5. The van der Waals surface area contributed by atoms with Crippen molar-refractivity contribution in [2.75, 3.05) is 6.54 Å². The maximum Gasteiger partial charge on any atom is 0.123 e. The van der Waals surface area contributed by atoms with Crippen molar-refractivity contribution in [3.05, 3.63) is 56.5 Å². The molecule has 0 aliphatic heterocycles. The Hall–Kier alpha value is -0.900. The Balaban J connectivity index is 2.18. The van der Waals surface area contributed by atoms with Crippen LogP contribution in [0, 0.1) is 12.7 Å². The second kappa shape index (κ2) is 6.51. The zero-order valence-corrected chi connectivity index (χ0v) is 12.6. The highest BCUT2D eigenvalue weighted by Gasteiger charge is 2.15. The van der Waals surface area contributed by atoms with Gasteiger partial charge in [-0.2, -0.15) is 0 Å². The van der Waals surface area contributed by atoms with E-state index in [9.17, 15) is 4.39 Å². The molecule has 0 saturated heterocycles. The lowest BCUT2D eigenvalue weighted by Gasteiger charge is -2.16. The third kappa shape index (κ3) is 3.78. The fourth-order valence-corrected chi connectivity index (χ4v) is 3.32. The van der Waals surface area contributed by atoms with Crippen molar-refractivity contribution in [3.63, 3.8) is 0 Å². The summed E-state index contributed by atoms with van der Waals surface area (Å²) in [5.41, 5.74) is 2.23. The normalized spacial score (nSPS) is 12.6. The molecule has 2 rings (SSSR count). The Morgan fingerprint density at radius 2 is 2.00 bits per heavy atom. The van der Waals surface area contributed by atoms with E-state index in [1.807, 2.05) is 19.1 Å². The summed E-state index contributed by atoms with van der Waals surface area (Å²) in [4.78, 5) is 1.23. The summed E-state index contributed by atoms with van der Waals surface area (Å²) in [5, 5.41) is 3.46. The molecule has 1 N–H and O–H groups in total. The van der Waals surface area contributed by atoms with Gasteiger partial charge in [0.05, 0.1) is 4.34 Å². The summed E-state index contributed by atoms with van der Waals surface area (Å²) < 4.78 is 13.8. The number of likely N-dealkylation sites (N-methyl/N-ethyl adjacent to an activating group) is 1. The van der Waals surface area contributed by atoms with Crippen molar-refractivity contribution in [1.29, 1.82) is 0 Å². The van der Waals surface area contributed by atoms with Crippen LogP contribution in [-0.4, -0.2) is 6.54 Å². The van der Waals surface area contributed by atoms with E-state index < -0.39 is 0 Å². The zero-order chi connectivity index (χ0) is 13.8. The van der Waals surface area contributed by atoms with Crippen molar-refractivity contribution in [2.45, 2.75) is 26.3 Å². The number of benzene rings is 1. The number of thiophene rings is 1. The monoisotopic (exact) mass is 297 g/mol. The van der Waals surface area contributed by atoms with Crippen LogP contribution in [-0.2, 0) is 6.42 Å². The Labute approximate surface area is 122 Å². The van der Waals surface area contributed by atoms with E-state index in [4.69, 9.17) is 11.6 Å². The maximum absolute atomic E-state index is 12.9. The highest BCUT2D eigenvalue weighted by atomic mass is 35.5. The molecule has 1 heterocycles. The average molecular weight is 298 g/mol. The number of nitrogens with one attached hydrogen (secondary N) is 1. The summed E-state index contributed by atoms with van der Waals surface area (Å²) in [5.74, 6) is -0.196. The molecule has 1 aromatic carbocycles. The fourth-order valence-electron chi connectivity index (χ4n) is 2.03. The number of aryl methyl sites for hydroxylation is 1. The summed E-state index contributed by atoms with van der Waals surface area (Å²) in [7, 11) is 0. The van der Waals surface area contributed by atoms with Crippen molar-refractivity contribution in [3.8, 4) is 0 Å². The van der Waals surface area contributed by atoms with Gasteiger partial charge in [0.15, 0.2) is 0 Å². The van der Waals surface area contributed by atoms with E-state index in [0.717, 1.165) is 28.4 Å². The predicted molar refractivity (Wildman–Crippen MR) is 80.6 cm³/mol. The average Bonchev–Trinajstić information content (AvgIpc) is 2.72. The summed E-state index contributed by atoms with van der Waals surface area (Å²) >= 11 is 7.75. The summed E-state index contributed by atoms with van der Waals surface area (Å²) in [6.45, 7) is 4.99. The third-order valence-corrected chi connectivity index (χ3v) is 4.69. The topological polar surface area (TPSA) is 12.0 Å². The minimum atomic E-state index is -0.196. The molecule has 0 aliphatic carbocycles. The SMILES string of the molecule is CCNC(Cc1ccc(F)cc1)c1cc(C)c(Cl)s1. The van der Waals surface area contributed by atoms with Crippen LogP contribution in [0.15, 0.2) is 30.3 Å². The molecule has 0 saturated carbocycles. The summed E-state index contributed by atoms with van der Waals surface area (Å²) in [6.07, 6.45) is 0.838. The van der Waals surface area contributed by atoms with Gasteiger partial charge in [-0.15, -0.1) is 11.3 Å². The van der Waals surface area contributed by atoms with E-state index in [2.05, 4.69) is 18.3 Å². The first-order valence-corrected chi connectivity index (χ1v) is 7.53. The molecule has 1 nitrogen and oxygen atoms in total. The minimum absolute atomic E-state index is 0.196. The third-order valence-electron chi connectivity index (χ3n) is 3.02. The van der Waals surface area contributed by atoms with Gasteiger partial charge in [0.2, 0.25) is 0 Å². The van der Waals surface area contributed by atoms with Crippen molar-refractivity contribution >= 4 is 22.9 Å². The molecular weight excluding hydrogens is 281 g/mol. The molecule has 1 aromatic heterocycles. The molecule has 19 heavy (non-hydrogen) atoms. The van der Waals surface area contributed by atoms with Gasteiger partial charge < -0.3 is 5.32 Å². The largest absolute Gasteiger partial charge is 0.309 e. The van der Waals surface area contributed by atoms with Gasteiger partial charge in [-0.25, -0.2) is 4.39 Å². The van der Waals surface area contributed by atoms with Gasteiger partial charge in [-0.3, -0.25) is 0 Å². The Morgan fingerprint density at radius 1 is 1.32 bits per heavy atom. The van der Waals surface area contributed by atoms with Crippen molar-refractivity contribution in [1.82, 2.24) is 5.32 Å². The lowest BCUT2D eigenvalue weighted by atomic mass is 10.0. The number of hydrogen-bond donors (Lipinski definition) is 1. The maximum atomic E-state index is 12.9. The highest BCUT2D eigenvalue weighted by Crippen LogP contribution is 2.32. The van der Waals surface area contributed by atoms with Crippen LogP contribution in [0.25, 0.3) is 0 Å². The van der Waals surface area contributed by atoms with Crippen molar-refractivity contribution < 1.29 is 4.39 Å². The second-order valence-corrected chi connectivity index (χ2v) is 6.23. The molecule has 4 heteroatoms. The zero-order valence-electron chi connectivity index (χ0n) is 11.0. The molecule has 2 aromatic rings. The first-order valence-electron chi connectivity index (χ1n) is 6.33. The van der Waals surface area contributed by atoms with Crippen LogP contribution in [0.3, 0.4) is 0 Å². The van der Waals surface area contributed by atoms with E-state index in [0.29, 0.717) is 0 Å². The first-order chi connectivity index (χ1) is 9.10. The molecule has 0 spiro atoms. The van der Waals surface area contributed by atoms with E-state index >= 15 is 0 Å². The molecule has 1 unspecified atom stereocenters. The van der Waals surface area contributed by atoms with Gasteiger partial charge in [0.1, 0.15) is 5.82 Å². The standard InChI is InChI=1S/C15H17ClFNS/c1-3-18-13(14-8-10(2)15(16)19-14)9-11-4-6-12(17)7-5-11/h4-8,13,18H,3,9H2,1-2H3. The smallest absolute Gasteiger partial charge is 0.123 e. The molecular formula is C15H17ClFNS. The van der Waals surface area contributed by atoms with Crippen LogP contribution in [0.2, 0.25) is 4.34 Å².